The van der Waals surface area contributed by atoms with E-state index >= 15 is 0 Å². The number of amides is 1. The van der Waals surface area contributed by atoms with Crippen molar-refractivity contribution in [2.45, 2.75) is 64.3 Å². The highest BCUT2D eigenvalue weighted by molar-refractivity contribution is 5.76. The first-order valence-electron chi connectivity index (χ1n) is 6.79. The third kappa shape index (κ3) is 4.12. The third-order valence-electron chi connectivity index (χ3n) is 3.51. The molecule has 1 saturated heterocycles. The summed E-state index contributed by atoms with van der Waals surface area (Å²) in [5, 5.41) is 0. The van der Waals surface area contributed by atoms with Gasteiger partial charge in [0.05, 0.1) is 0 Å². The van der Waals surface area contributed by atoms with Crippen LogP contribution in [-0.2, 0) is 4.79 Å². The topological polar surface area (TPSA) is 46.3 Å². The zero-order valence-electron chi connectivity index (χ0n) is 10.6. The summed E-state index contributed by atoms with van der Waals surface area (Å²) in [6.07, 6.45) is 8.64. The van der Waals surface area contributed by atoms with Gasteiger partial charge in [0.15, 0.2) is 0 Å². The molecule has 0 aromatic rings. The van der Waals surface area contributed by atoms with Crippen molar-refractivity contribution in [1.82, 2.24) is 4.90 Å². The molecule has 3 nitrogen and oxygen atoms in total. The summed E-state index contributed by atoms with van der Waals surface area (Å²) in [5.74, 6) is 0.364. The summed E-state index contributed by atoms with van der Waals surface area (Å²) in [7, 11) is 0. The molecule has 16 heavy (non-hydrogen) atoms. The first kappa shape index (κ1) is 13.5. The van der Waals surface area contributed by atoms with E-state index < -0.39 is 0 Å². The van der Waals surface area contributed by atoms with E-state index in [1.807, 2.05) is 0 Å². The van der Waals surface area contributed by atoms with Gasteiger partial charge in [0.25, 0.3) is 0 Å². The molecule has 1 atom stereocenters. The van der Waals surface area contributed by atoms with Crippen LogP contribution in [0.25, 0.3) is 0 Å². The largest absolute Gasteiger partial charge is 0.340 e. The van der Waals surface area contributed by atoms with Crippen LogP contribution in [0, 0.1) is 0 Å². The first-order chi connectivity index (χ1) is 7.79. The number of carbonyl (C=O) groups excluding carboxylic acids is 1. The molecule has 1 aliphatic heterocycles. The van der Waals surface area contributed by atoms with Crippen LogP contribution in [-0.4, -0.2) is 29.9 Å². The van der Waals surface area contributed by atoms with E-state index in [1.54, 1.807) is 0 Å². The molecule has 1 unspecified atom stereocenters. The summed E-state index contributed by atoms with van der Waals surface area (Å²) in [6, 6.07) is 0.510. The summed E-state index contributed by atoms with van der Waals surface area (Å²) in [5.41, 5.74) is 5.44. The Kier molecular flexibility index (Phi) is 6.46. The molecular weight excluding hydrogens is 200 g/mol. The lowest BCUT2D eigenvalue weighted by Gasteiger charge is -2.35. The predicted octanol–water partition coefficient (Wildman–Crippen LogP) is 2.30. The maximum Gasteiger partial charge on any atom is 0.222 e. The smallest absolute Gasteiger partial charge is 0.222 e. The molecule has 0 aliphatic carbocycles. The Labute approximate surface area is 99.4 Å². The lowest BCUT2D eigenvalue weighted by molar-refractivity contribution is -0.135. The van der Waals surface area contributed by atoms with Gasteiger partial charge in [-0.05, 0) is 45.1 Å². The molecule has 0 aromatic heterocycles. The molecule has 2 N–H and O–H groups in total. The standard InChI is InChI=1S/C13H26N2O/c1-2-12-8-5-7-11-15(12)13(16)9-4-3-6-10-14/h12H,2-11,14H2,1H3. The van der Waals surface area contributed by atoms with Gasteiger partial charge < -0.3 is 10.6 Å². The zero-order chi connectivity index (χ0) is 11.8. The fraction of sp³-hybridized carbons (Fsp3) is 0.923. The quantitative estimate of drug-likeness (QED) is 0.706. The van der Waals surface area contributed by atoms with E-state index in [0.29, 0.717) is 11.9 Å². The highest BCUT2D eigenvalue weighted by Gasteiger charge is 2.24. The first-order valence-corrected chi connectivity index (χ1v) is 6.79. The van der Waals surface area contributed by atoms with Crippen LogP contribution in [0.5, 0.6) is 0 Å². The number of nitrogens with zero attached hydrogens (tertiary/aromatic N) is 1. The number of rotatable bonds is 6. The molecule has 3 heteroatoms. The normalized spacial score (nSPS) is 21.1. The van der Waals surface area contributed by atoms with Gasteiger partial charge in [-0.1, -0.05) is 13.3 Å². The fourth-order valence-electron chi connectivity index (χ4n) is 2.49. The molecule has 1 amide bonds. The van der Waals surface area contributed by atoms with Crippen LogP contribution < -0.4 is 5.73 Å². The minimum absolute atomic E-state index is 0.364. The number of likely N-dealkylation sites (tertiary alicyclic amines) is 1. The second-order valence-electron chi connectivity index (χ2n) is 4.74. The second-order valence-corrected chi connectivity index (χ2v) is 4.74. The van der Waals surface area contributed by atoms with Gasteiger partial charge in [-0.3, -0.25) is 4.79 Å². The van der Waals surface area contributed by atoms with Crippen molar-refractivity contribution >= 4 is 5.91 Å². The average molecular weight is 226 g/mol. The number of hydrogen-bond acceptors (Lipinski definition) is 2. The molecule has 1 rings (SSSR count). The van der Waals surface area contributed by atoms with Gasteiger partial charge >= 0.3 is 0 Å². The minimum Gasteiger partial charge on any atom is -0.340 e. The number of nitrogens with two attached hydrogens (primary N) is 1. The van der Waals surface area contributed by atoms with Crippen molar-refractivity contribution in [3.63, 3.8) is 0 Å². The number of carbonyl (C=O) groups is 1. The highest BCUT2D eigenvalue weighted by Crippen LogP contribution is 2.20. The molecule has 1 fully saturated rings. The molecular formula is C13H26N2O. The summed E-state index contributed by atoms with van der Waals surface area (Å²) < 4.78 is 0. The van der Waals surface area contributed by atoms with Crippen LogP contribution >= 0.6 is 0 Å². The van der Waals surface area contributed by atoms with Crippen LogP contribution in [0.3, 0.4) is 0 Å². The molecule has 1 heterocycles. The number of hydrogen-bond donors (Lipinski definition) is 1. The van der Waals surface area contributed by atoms with E-state index in [0.717, 1.165) is 45.2 Å². The van der Waals surface area contributed by atoms with Gasteiger partial charge in [0.1, 0.15) is 0 Å². The molecule has 94 valence electrons. The predicted molar refractivity (Wildman–Crippen MR) is 67.2 cm³/mol. The average Bonchev–Trinajstić information content (AvgIpc) is 2.34. The molecule has 1 aliphatic rings. The molecule has 0 spiro atoms. The summed E-state index contributed by atoms with van der Waals surface area (Å²) >= 11 is 0. The Balaban J connectivity index is 2.27. The zero-order valence-corrected chi connectivity index (χ0v) is 10.6. The van der Waals surface area contributed by atoms with Crippen molar-refractivity contribution in [2.24, 2.45) is 5.73 Å². The van der Waals surface area contributed by atoms with Gasteiger partial charge in [0.2, 0.25) is 5.91 Å². The molecule has 0 radical (unpaired) electrons. The van der Waals surface area contributed by atoms with Gasteiger partial charge in [-0.15, -0.1) is 0 Å². The van der Waals surface area contributed by atoms with Crippen LogP contribution in [0.2, 0.25) is 0 Å². The van der Waals surface area contributed by atoms with Crippen LogP contribution in [0.15, 0.2) is 0 Å². The van der Waals surface area contributed by atoms with Gasteiger partial charge in [-0.25, -0.2) is 0 Å². The minimum atomic E-state index is 0.364. The highest BCUT2D eigenvalue weighted by atomic mass is 16.2. The summed E-state index contributed by atoms with van der Waals surface area (Å²) in [6.45, 7) is 3.91. The maximum absolute atomic E-state index is 12.0. The van der Waals surface area contributed by atoms with Crippen molar-refractivity contribution in [3.8, 4) is 0 Å². The molecule has 0 bridgehead atoms. The monoisotopic (exact) mass is 226 g/mol. The molecule has 0 saturated carbocycles. The SMILES string of the molecule is CCC1CCCCN1C(=O)CCCCCN. The van der Waals surface area contributed by atoms with Crippen molar-refractivity contribution in [3.05, 3.63) is 0 Å². The lowest BCUT2D eigenvalue weighted by atomic mass is 9.99. The van der Waals surface area contributed by atoms with Crippen molar-refractivity contribution in [2.75, 3.05) is 13.1 Å². The lowest BCUT2D eigenvalue weighted by Crippen LogP contribution is -2.43. The van der Waals surface area contributed by atoms with Crippen LogP contribution in [0.1, 0.15) is 58.3 Å². The Morgan fingerprint density at radius 1 is 1.31 bits per heavy atom. The third-order valence-corrected chi connectivity index (χ3v) is 3.51. The van der Waals surface area contributed by atoms with E-state index in [4.69, 9.17) is 5.73 Å². The number of piperidine rings is 1. The fourth-order valence-corrected chi connectivity index (χ4v) is 2.49. The number of unbranched alkanes of at least 4 members (excludes halogenated alkanes) is 2. The second kappa shape index (κ2) is 7.66. The van der Waals surface area contributed by atoms with E-state index in [2.05, 4.69) is 11.8 Å². The van der Waals surface area contributed by atoms with Crippen molar-refractivity contribution < 1.29 is 4.79 Å². The Bertz CT molecular complexity index is 206. The van der Waals surface area contributed by atoms with Crippen molar-refractivity contribution in [1.29, 1.82) is 0 Å². The Morgan fingerprint density at radius 3 is 2.81 bits per heavy atom. The van der Waals surface area contributed by atoms with E-state index in [1.165, 1.54) is 19.3 Å². The molecule has 0 aromatic carbocycles. The maximum atomic E-state index is 12.0. The van der Waals surface area contributed by atoms with Gasteiger partial charge in [0, 0.05) is 19.0 Å². The van der Waals surface area contributed by atoms with E-state index in [-0.39, 0.29) is 0 Å². The van der Waals surface area contributed by atoms with Crippen LogP contribution in [0.4, 0.5) is 0 Å². The Morgan fingerprint density at radius 2 is 2.12 bits per heavy atom. The Hall–Kier alpha value is -0.570. The van der Waals surface area contributed by atoms with Gasteiger partial charge in [-0.2, -0.15) is 0 Å². The van der Waals surface area contributed by atoms with E-state index in [9.17, 15) is 4.79 Å². The summed E-state index contributed by atoms with van der Waals surface area (Å²) in [4.78, 5) is 14.1.